The van der Waals surface area contributed by atoms with Gasteiger partial charge in [0.25, 0.3) is 0 Å². The third-order valence-electron chi connectivity index (χ3n) is 1.95. The van der Waals surface area contributed by atoms with Crippen molar-refractivity contribution in [3.05, 3.63) is 30.1 Å². The standard InChI is InChI=1S/C10H12Cl3FOSi/c11-16(12,13)8-4-3-7-15-10-6-2-1-5-9(10)14/h1-2,5-6H,3-4,7-8H2. The molecule has 0 aliphatic carbocycles. The molecule has 0 spiro atoms. The Labute approximate surface area is 110 Å². The molecule has 90 valence electrons. The molecule has 1 nitrogen and oxygen atoms in total. The summed E-state index contributed by atoms with van der Waals surface area (Å²) in [6, 6.07) is 4.41. The summed E-state index contributed by atoms with van der Waals surface area (Å²) in [5, 5.41) is 0. The average Bonchev–Trinajstić information content (AvgIpc) is 2.18. The largest absolute Gasteiger partial charge is 0.491 e. The smallest absolute Gasteiger partial charge is 0.341 e. The Morgan fingerprint density at radius 2 is 1.81 bits per heavy atom. The number of ether oxygens (including phenoxy) is 1. The summed E-state index contributed by atoms with van der Waals surface area (Å²) in [4.78, 5) is 0. The fourth-order valence-electron chi connectivity index (χ4n) is 1.17. The average molecular weight is 302 g/mol. The molecule has 16 heavy (non-hydrogen) atoms. The monoisotopic (exact) mass is 300 g/mol. The number of rotatable bonds is 6. The number of hydrogen-bond acceptors (Lipinski definition) is 1. The van der Waals surface area contributed by atoms with Crippen LogP contribution in [0.4, 0.5) is 4.39 Å². The van der Waals surface area contributed by atoms with E-state index in [2.05, 4.69) is 0 Å². The predicted molar refractivity (Wildman–Crippen MR) is 69.2 cm³/mol. The second-order valence-corrected chi connectivity index (χ2v) is 12.6. The Kier molecular flexibility index (Phi) is 5.90. The van der Waals surface area contributed by atoms with E-state index in [1.165, 1.54) is 6.07 Å². The highest BCUT2D eigenvalue weighted by Crippen LogP contribution is 2.27. The van der Waals surface area contributed by atoms with Gasteiger partial charge in [0.05, 0.1) is 6.61 Å². The van der Waals surface area contributed by atoms with E-state index in [1.54, 1.807) is 18.2 Å². The SMILES string of the molecule is Fc1ccccc1OCCCC[Si](Cl)(Cl)Cl. The minimum atomic E-state index is -2.51. The van der Waals surface area contributed by atoms with E-state index in [4.69, 9.17) is 38.0 Å². The van der Waals surface area contributed by atoms with Crippen molar-refractivity contribution in [3.63, 3.8) is 0 Å². The lowest BCUT2D eigenvalue weighted by atomic mass is 10.3. The van der Waals surface area contributed by atoms with Crippen LogP contribution >= 0.6 is 33.2 Å². The fraction of sp³-hybridized carbons (Fsp3) is 0.400. The Morgan fingerprint density at radius 1 is 1.12 bits per heavy atom. The van der Waals surface area contributed by atoms with Crippen molar-refractivity contribution in [2.45, 2.75) is 18.9 Å². The van der Waals surface area contributed by atoms with Crippen molar-refractivity contribution in [2.75, 3.05) is 6.61 Å². The van der Waals surface area contributed by atoms with E-state index in [-0.39, 0.29) is 11.6 Å². The van der Waals surface area contributed by atoms with Gasteiger partial charge >= 0.3 is 6.00 Å². The van der Waals surface area contributed by atoms with Crippen LogP contribution in [0.25, 0.3) is 0 Å². The maximum Gasteiger partial charge on any atom is 0.341 e. The maximum absolute atomic E-state index is 13.1. The molecule has 1 rings (SSSR count). The van der Waals surface area contributed by atoms with Crippen LogP contribution in [0.5, 0.6) is 5.75 Å². The third kappa shape index (κ3) is 5.94. The van der Waals surface area contributed by atoms with Gasteiger partial charge in [-0.2, -0.15) is 0 Å². The van der Waals surface area contributed by atoms with Crippen molar-refractivity contribution in [1.82, 2.24) is 0 Å². The summed E-state index contributed by atoms with van der Waals surface area (Å²) in [5.74, 6) is -0.0770. The minimum Gasteiger partial charge on any atom is -0.491 e. The first-order valence-electron chi connectivity index (χ1n) is 4.93. The summed E-state index contributed by atoms with van der Waals surface area (Å²) in [6.45, 7) is 0.441. The number of unbranched alkanes of at least 4 members (excludes halogenated alkanes) is 1. The molecule has 1 aromatic carbocycles. The number of halogens is 4. The van der Waals surface area contributed by atoms with E-state index in [0.29, 0.717) is 12.7 Å². The number of para-hydroxylation sites is 1. The quantitative estimate of drug-likeness (QED) is 0.422. The van der Waals surface area contributed by atoms with Gasteiger partial charge in [-0.05, 0) is 31.0 Å². The topological polar surface area (TPSA) is 9.23 Å². The highest BCUT2D eigenvalue weighted by Gasteiger charge is 2.23. The van der Waals surface area contributed by atoms with E-state index < -0.39 is 6.00 Å². The van der Waals surface area contributed by atoms with Crippen LogP contribution in [0.3, 0.4) is 0 Å². The molecular weight excluding hydrogens is 290 g/mol. The van der Waals surface area contributed by atoms with Crippen LogP contribution in [-0.2, 0) is 0 Å². The van der Waals surface area contributed by atoms with Gasteiger partial charge in [0.15, 0.2) is 11.6 Å². The lowest BCUT2D eigenvalue weighted by molar-refractivity contribution is 0.294. The summed E-state index contributed by atoms with van der Waals surface area (Å²) in [7, 11) is 0. The molecule has 1 aromatic rings. The minimum absolute atomic E-state index is 0.272. The molecular formula is C10H12Cl3FOSi. The fourth-order valence-corrected chi connectivity index (χ4v) is 3.02. The van der Waals surface area contributed by atoms with Gasteiger partial charge < -0.3 is 4.74 Å². The second kappa shape index (κ2) is 6.69. The molecule has 0 atom stereocenters. The molecule has 0 N–H and O–H groups in total. The molecule has 0 aromatic heterocycles. The van der Waals surface area contributed by atoms with Gasteiger partial charge in [-0.3, -0.25) is 0 Å². The summed E-state index contributed by atoms with van der Waals surface area (Å²) in [6.07, 6.45) is 1.55. The lowest BCUT2D eigenvalue weighted by Gasteiger charge is -2.08. The van der Waals surface area contributed by atoms with E-state index in [0.717, 1.165) is 12.8 Å². The second-order valence-electron chi connectivity index (χ2n) is 3.35. The Hall–Kier alpha value is 0.0369. The van der Waals surface area contributed by atoms with E-state index >= 15 is 0 Å². The molecule has 0 saturated heterocycles. The highest BCUT2D eigenvalue weighted by molar-refractivity contribution is 7.64. The zero-order valence-corrected chi connectivity index (χ0v) is 11.8. The first kappa shape index (κ1) is 14.1. The van der Waals surface area contributed by atoms with E-state index in [9.17, 15) is 4.39 Å². The molecule has 0 bridgehead atoms. The van der Waals surface area contributed by atoms with Crippen LogP contribution in [0.1, 0.15) is 12.8 Å². The molecule has 0 heterocycles. The van der Waals surface area contributed by atoms with Crippen LogP contribution in [0.2, 0.25) is 6.04 Å². The van der Waals surface area contributed by atoms with Gasteiger partial charge in [-0.25, -0.2) is 4.39 Å². The number of benzene rings is 1. The number of hydrogen-bond donors (Lipinski definition) is 0. The zero-order valence-electron chi connectivity index (χ0n) is 8.56. The van der Waals surface area contributed by atoms with Gasteiger partial charge in [0.1, 0.15) is 0 Å². The van der Waals surface area contributed by atoms with Gasteiger partial charge in [0.2, 0.25) is 0 Å². The molecule has 0 radical (unpaired) electrons. The Balaban J connectivity index is 2.19. The van der Waals surface area contributed by atoms with Crippen molar-refractivity contribution in [2.24, 2.45) is 0 Å². The van der Waals surface area contributed by atoms with Gasteiger partial charge in [0, 0.05) is 0 Å². The van der Waals surface area contributed by atoms with Crippen LogP contribution in [0.15, 0.2) is 24.3 Å². The highest BCUT2D eigenvalue weighted by atomic mass is 35.8. The lowest BCUT2D eigenvalue weighted by Crippen LogP contribution is -2.09. The molecule has 0 aliphatic heterocycles. The Bertz CT molecular complexity index is 330. The van der Waals surface area contributed by atoms with Crippen molar-refractivity contribution in [3.8, 4) is 5.75 Å². The Morgan fingerprint density at radius 3 is 2.44 bits per heavy atom. The van der Waals surface area contributed by atoms with Crippen LogP contribution in [-0.4, -0.2) is 12.6 Å². The summed E-state index contributed by atoms with van der Waals surface area (Å²) < 4.78 is 18.4. The molecule has 0 aliphatic rings. The van der Waals surface area contributed by atoms with Gasteiger partial charge in [-0.1, -0.05) is 12.1 Å². The van der Waals surface area contributed by atoms with E-state index in [1.807, 2.05) is 0 Å². The third-order valence-corrected chi connectivity index (χ3v) is 4.57. The van der Waals surface area contributed by atoms with Gasteiger partial charge in [-0.15, -0.1) is 33.2 Å². The maximum atomic E-state index is 13.1. The predicted octanol–water partition coefficient (Wildman–Crippen LogP) is 4.64. The van der Waals surface area contributed by atoms with Crippen molar-refractivity contribution >= 4 is 39.2 Å². The normalized spacial score (nSPS) is 11.5. The summed E-state index contributed by atoms with van der Waals surface area (Å²) in [5.41, 5.74) is 0. The van der Waals surface area contributed by atoms with Crippen molar-refractivity contribution < 1.29 is 9.13 Å². The summed E-state index contributed by atoms with van der Waals surface area (Å²) >= 11 is 17.2. The first-order valence-corrected chi connectivity index (χ1v) is 10.2. The molecule has 6 heteroatoms. The molecule has 0 amide bonds. The molecule has 0 fully saturated rings. The van der Waals surface area contributed by atoms with Crippen LogP contribution < -0.4 is 4.74 Å². The first-order chi connectivity index (χ1) is 7.49. The zero-order chi connectivity index (χ0) is 12.0. The molecule has 0 unspecified atom stereocenters. The van der Waals surface area contributed by atoms with Crippen molar-refractivity contribution in [1.29, 1.82) is 0 Å². The van der Waals surface area contributed by atoms with Crippen LogP contribution in [0, 0.1) is 5.82 Å². The molecule has 0 saturated carbocycles.